The molecule has 0 saturated carbocycles. The molecule has 2 N–H and O–H groups in total. The number of hydrogen-bond donors (Lipinski definition) is 2. The molecule has 3 rings (SSSR count). The van der Waals surface area contributed by atoms with Crippen LogP contribution < -0.4 is 9.47 Å². The SMILES string of the molecule is COc1ccc(OC)c2c1CCN1C2=CC(O)=CC1O. The predicted octanol–water partition coefficient (Wildman–Crippen LogP) is 1.68. The van der Waals surface area contributed by atoms with Crippen molar-refractivity contribution in [3.05, 3.63) is 41.2 Å². The van der Waals surface area contributed by atoms with Gasteiger partial charge in [-0.1, -0.05) is 0 Å². The molecule has 0 bridgehead atoms. The van der Waals surface area contributed by atoms with Crippen LogP contribution in [-0.2, 0) is 6.42 Å². The van der Waals surface area contributed by atoms with E-state index in [0.717, 1.165) is 29.0 Å². The van der Waals surface area contributed by atoms with Gasteiger partial charge in [0.1, 0.15) is 23.5 Å². The maximum Gasteiger partial charge on any atom is 0.150 e. The monoisotopic (exact) mass is 275 g/mol. The maximum atomic E-state index is 10.1. The summed E-state index contributed by atoms with van der Waals surface area (Å²) in [5.41, 5.74) is 2.67. The van der Waals surface area contributed by atoms with Gasteiger partial charge in [-0.3, -0.25) is 0 Å². The van der Waals surface area contributed by atoms with Gasteiger partial charge in [-0.15, -0.1) is 0 Å². The molecule has 5 nitrogen and oxygen atoms in total. The van der Waals surface area contributed by atoms with Gasteiger partial charge in [0, 0.05) is 29.8 Å². The van der Waals surface area contributed by atoms with Crippen LogP contribution in [0.3, 0.4) is 0 Å². The van der Waals surface area contributed by atoms with Gasteiger partial charge < -0.3 is 24.6 Å². The molecular weight excluding hydrogens is 258 g/mol. The molecule has 0 amide bonds. The van der Waals surface area contributed by atoms with Crippen molar-refractivity contribution >= 4 is 5.70 Å². The fourth-order valence-corrected chi connectivity index (χ4v) is 2.85. The number of fused-ring (bicyclic) bond motifs is 3. The van der Waals surface area contributed by atoms with Gasteiger partial charge in [-0.2, -0.15) is 0 Å². The lowest BCUT2D eigenvalue weighted by atomic mass is 9.92. The summed E-state index contributed by atoms with van der Waals surface area (Å²) in [7, 11) is 3.24. The molecule has 0 spiro atoms. The molecule has 106 valence electrons. The molecule has 0 aliphatic carbocycles. The Labute approximate surface area is 117 Å². The molecule has 0 radical (unpaired) electrons. The Bertz CT molecular complexity index is 606. The average molecular weight is 275 g/mol. The Balaban J connectivity index is 2.22. The van der Waals surface area contributed by atoms with Crippen molar-refractivity contribution in [2.75, 3.05) is 20.8 Å². The summed E-state index contributed by atoms with van der Waals surface area (Å²) in [6.45, 7) is 0.660. The molecule has 2 aliphatic heterocycles. The lowest BCUT2D eigenvalue weighted by molar-refractivity contribution is 0.0802. The standard InChI is InChI=1S/C15H17NO4/c1-19-12-3-4-13(20-2)15-10(12)5-6-16-11(15)7-9(17)8-14(16)18/h3-4,7-8,14,17-18H,5-6H2,1-2H3. The highest BCUT2D eigenvalue weighted by Crippen LogP contribution is 2.42. The Morgan fingerprint density at radius 3 is 2.60 bits per heavy atom. The minimum Gasteiger partial charge on any atom is -0.508 e. The number of aliphatic hydroxyl groups excluding tert-OH is 2. The molecule has 2 aliphatic rings. The van der Waals surface area contributed by atoms with Gasteiger partial charge in [0.25, 0.3) is 0 Å². The molecule has 0 fully saturated rings. The fourth-order valence-electron chi connectivity index (χ4n) is 2.85. The van der Waals surface area contributed by atoms with Gasteiger partial charge in [0.2, 0.25) is 0 Å². The molecule has 2 heterocycles. The highest BCUT2D eigenvalue weighted by Gasteiger charge is 2.32. The minimum atomic E-state index is -0.820. The molecule has 1 atom stereocenters. The lowest BCUT2D eigenvalue weighted by Gasteiger charge is -2.38. The molecule has 1 unspecified atom stereocenters. The van der Waals surface area contributed by atoms with Crippen LogP contribution in [0.5, 0.6) is 11.5 Å². The molecule has 5 heteroatoms. The predicted molar refractivity (Wildman–Crippen MR) is 74.7 cm³/mol. The van der Waals surface area contributed by atoms with Crippen LogP contribution in [0.2, 0.25) is 0 Å². The Morgan fingerprint density at radius 2 is 1.90 bits per heavy atom. The van der Waals surface area contributed by atoms with Gasteiger partial charge >= 0.3 is 0 Å². The maximum absolute atomic E-state index is 10.1. The van der Waals surface area contributed by atoms with E-state index in [0.29, 0.717) is 12.3 Å². The van der Waals surface area contributed by atoms with Crippen molar-refractivity contribution in [2.45, 2.75) is 12.6 Å². The van der Waals surface area contributed by atoms with E-state index < -0.39 is 6.23 Å². The van der Waals surface area contributed by atoms with Crippen molar-refractivity contribution in [3.8, 4) is 11.5 Å². The van der Waals surface area contributed by atoms with Gasteiger partial charge in [0.15, 0.2) is 0 Å². The first-order chi connectivity index (χ1) is 9.65. The summed E-state index contributed by atoms with van der Waals surface area (Å²) < 4.78 is 10.8. The summed E-state index contributed by atoms with van der Waals surface area (Å²) in [5.74, 6) is 1.56. The highest BCUT2D eigenvalue weighted by molar-refractivity contribution is 5.78. The van der Waals surface area contributed by atoms with Crippen LogP contribution in [0, 0.1) is 0 Å². The molecule has 0 aromatic heterocycles. The Morgan fingerprint density at radius 1 is 1.20 bits per heavy atom. The van der Waals surface area contributed by atoms with E-state index in [-0.39, 0.29) is 5.76 Å². The topological polar surface area (TPSA) is 62.2 Å². The van der Waals surface area contributed by atoms with E-state index >= 15 is 0 Å². The average Bonchev–Trinajstić information content (AvgIpc) is 2.45. The summed E-state index contributed by atoms with van der Waals surface area (Å²) in [5, 5.41) is 19.8. The first-order valence-corrected chi connectivity index (χ1v) is 6.47. The molecule has 0 saturated heterocycles. The van der Waals surface area contributed by atoms with E-state index in [1.165, 1.54) is 6.08 Å². The lowest BCUT2D eigenvalue weighted by Crippen LogP contribution is -2.39. The third-order valence-electron chi connectivity index (χ3n) is 3.76. The van der Waals surface area contributed by atoms with Gasteiger partial charge in [-0.05, 0) is 18.6 Å². The van der Waals surface area contributed by atoms with Gasteiger partial charge in [0.05, 0.1) is 19.9 Å². The van der Waals surface area contributed by atoms with Crippen LogP contribution >= 0.6 is 0 Å². The number of ether oxygens (including phenoxy) is 2. The molecule has 20 heavy (non-hydrogen) atoms. The summed E-state index contributed by atoms with van der Waals surface area (Å²) in [4.78, 5) is 1.84. The number of allylic oxidation sites excluding steroid dienone is 1. The smallest absolute Gasteiger partial charge is 0.150 e. The highest BCUT2D eigenvalue weighted by atomic mass is 16.5. The number of aliphatic hydroxyl groups is 2. The van der Waals surface area contributed by atoms with Crippen molar-refractivity contribution in [2.24, 2.45) is 0 Å². The van der Waals surface area contributed by atoms with Gasteiger partial charge in [-0.25, -0.2) is 0 Å². The van der Waals surface area contributed by atoms with Crippen molar-refractivity contribution < 1.29 is 19.7 Å². The third kappa shape index (κ3) is 1.82. The molecule has 1 aromatic carbocycles. The zero-order valence-corrected chi connectivity index (χ0v) is 11.5. The number of hydrogen-bond acceptors (Lipinski definition) is 5. The number of rotatable bonds is 2. The molecule has 1 aromatic rings. The van der Waals surface area contributed by atoms with E-state index in [1.54, 1.807) is 20.3 Å². The zero-order chi connectivity index (χ0) is 14.3. The summed E-state index contributed by atoms with van der Waals surface area (Å²) in [6, 6.07) is 3.71. The number of benzene rings is 1. The van der Waals surface area contributed by atoms with E-state index in [9.17, 15) is 10.2 Å². The van der Waals surface area contributed by atoms with E-state index in [1.807, 2.05) is 17.0 Å². The first-order valence-electron chi connectivity index (χ1n) is 6.47. The van der Waals surface area contributed by atoms with Crippen LogP contribution in [0.25, 0.3) is 5.70 Å². The zero-order valence-electron chi connectivity index (χ0n) is 11.5. The second-order valence-corrected chi connectivity index (χ2v) is 4.80. The number of methoxy groups -OCH3 is 2. The normalized spacial score (nSPS) is 20.6. The fraction of sp³-hybridized carbons (Fsp3) is 0.333. The van der Waals surface area contributed by atoms with Crippen LogP contribution in [-0.4, -0.2) is 42.1 Å². The Hall–Kier alpha value is -2.14. The van der Waals surface area contributed by atoms with Crippen LogP contribution in [0.15, 0.2) is 30.0 Å². The van der Waals surface area contributed by atoms with Crippen LogP contribution in [0.4, 0.5) is 0 Å². The summed E-state index contributed by atoms with van der Waals surface area (Å²) >= 11 is 0. The Kier molecular flexibility index (Phi) is 3.06. The first kappa shape index (κ1) is 12.9. The quantitative estimate of drug-likeness (QED) is 0.860. The second-order valence-electron chi connectivity index (χ2n) is 4.80. The largest absolute Gasteiger partial charge is 0.508 e. The van der Waals surface area contributed by atoms with Crippen molar-refractivity contribution in [3.63, 3.8) is 0 Å². The van der Waals surface area contributed by atoms with Crippen molar-refractivity contribution in [1.29, 1.82) is 0 Å². The third-order valence-corrected chi connectivity index (χ3v) is 3.76. The molecular formula is C15H17NO4. The second kappa shape index (κ2) is 4.76. The number of nitrogens with zero attached hydrogens (tertiary/aromatic N) is 1. The summed E-state index contributed by atoms with van der Waals surface area (Å²) in [6.07, 6.45) is 2.99. The van der Waals surface area contributed by atoms with E-state index in [2.05, 4.69) is 0 Å². The minimum absolute atomic E-state index is 0.0569. The van der Waals surface area contributed by atoms with Crippen LogP contribution in [0.1, 0.15) is 11.1 Å². The van der Waals surface area contributed by atoms with Crippen molar-refractivity contribution in [1.82, 2.24) is 4.90 Å². The van der Waals surface area contributed by atoms with E-state index in [4.69, 9.17) is 9.47 Å².